The summed E-state index contributed by atoms with van der Waals surface area (Å²) >= 11 is 7.53. The van der Waals surface area contributed by atoms with Gasteiger partial charge in [-0.3, -0.25) is 4.79 Å². The highest BCUT2D eigenvalue weighted by atomic mass is 35.5. The number of carbonyl (C=O) groups is 2. The summed E-state index contributed by atoms with van der Waals surface area (Å²) in [6.45, 7) is 3.97. The molecule has 0 aromatic heterocycles. The monoisotopic (exact) mass is 407 g/mol. The number of carbonyl (C=O) groups excluding carboxylic acids is 2. The zero-order valence-corrected chi connectivity index (χ0v) is 17.1. The van der Waals surface area contributed by atoms with Crippen LogP contribution >= 0.6 is 23.4 Å². The van der Waals surface area contributed by atoms with E-state index in [1.54, 1.807) is 31.2 Å². The number of halogens is 1. The molecule has 0 bridgehead atoms. The average Bonchev–Trinajstić information content (AvgIpc) is 2.65. The van der Waals surface area contributed by atoms with Gasteiger partial charge in [0.1, 0.15) is 5.75 Å². The molecule has 0 saturated carbocycles. The number of esters is 1. The van der Waals surface area contributed by atoms with Crippen LogP contribution in [0.5, 0.6) is 5.75 Å². The van der Waals surface area contributed by atoms with Crippen LogP contribution in [0.15, 0.2) is 36.4 Å². The topological polar surface area (TPSA) is 64.6 Å². The fourth-order valence-electron chi connectivity index (χ4n) is 2.38. The summed E-state index contributed by atoms with van der Waals surface area (Å²) in [4.78, 5) is 24.0. The highest BCUT2D eigenvalue weighted by molar-refractivity contribution is 7.99. The lowest BCUT2D eigenvalue weighted by Crippen LogP contribution is -2.15. The Morgan fingerprint density at radius 1 is 1.22 bits per heavy atom. The third kappa shape index (κ3) is 6.19. The summed E-state index contributed by atoms with van der Waals surface area (Å²) < 4.78 is 10.3. The Labute approximate surface area is 168 Å². The Bertz CT molecular complexity index is 826. The van der Waals surface area contributed by atoms with E-state index in [0.29, 0.717) is 34.4 Å². The first kappa shape index (κ1) is 21.1. The molecule has 144 valence electrons. The highest BCUT2D eigenvalue weighted by Gasteiger charge is 2.11. The predicted molar refractivity (Wildman–Crippen MR) is 110 cm³/mol. The molecule has 0 heterocycles. The number of nitrogens with one attached hydrogen (secondary N) is 1. The molecule has 0 unspecified atom stereocenters. The van der Waals surface area contributed by atoms with Crippen LogP contribution in [0.25, 0.3) is 0 Å². The molecule has 0 atom stereocenters. The summed E-state index contributed by atoms with van der Waals surface area (Å²) in [5, 5.41) is 3.43. The second kappa shape index (κ2) is 10.2. The zero-order valence-electron chi connectivity index (χ0n) is 15.5. The molecule has 1 N–H and O–H groups in total. The van der Waals surface area contributed by atoms with Crippen LogP contribution in [-0.4, -0.2) is 31.3 Å². The van der Waals surface area contributed by atoms with Crippen molar-refractivity contribution in [3.63, 3.8) is 0 Å². The number of benzene rings is 2. The fraction of sp³-hybridized carbons (Fsp3) is 0.300. The van der Waals surface area contributed by atoms with E-state index in [1.807, 2.05) is 19.1 Å². The number of thioether (sulfide) groups is 1. The van der Waals surface area contributed by atoms with Crippen molar-refractivity contribution in [2.45, 2.75) is 19.6 Å². The van der Waals surface area contributed by atoms with Crippen molar-refractivity contribution in [1.29, 1.82) is 0 Å². The summed E-state index contributed by atoms with van der Waals surface area (Å²) in [6.07, 6.45) is 0. The molecular formula is C20H22ClNO4S. The quantitative estimate of drug-likeness (QED) is 0.642. The van der Waals surface area contributed by atoms with Gasteiger partial charge in [0.15, 0.2) is 0 Å². The van der Waals surface area contributed by atoms with Crippen molar-refractivity contribution >= 4 is 40.9 Å². The Balaban J connectivity index is 1.91. The standard InChI is InChI=1S/C20H22ClNO4S/c1-4-26-20(24)15-7-5-6-14(9-15)11-27-12-19(23)22-17-8-13(2)16(21)10-18(17)25-3/h5-10H,4,11-12H2,1-3H3,(H,22,23). The minimum absolute atomic E-state index is 0.137. The van der Waals surface area contributed by atoms with Gasteiger partial charge in [0.2, 0.25) is 5.91 Å². The van der Waals surface area contributed by atoms with Gasteiger partial charge < -0.3 is 14.8 Å². The van der Waals surface area contributed by atoms with Crippen molar-refractivity contribution in [3.05, 3.63) is 58.1 Å². The van der Waals surface area contributed by atoms with Gasteiger partial charge in [0.25, 0.3) is 0 Å². The van der Waals surface area contributed by atoms with E-state index in [9.17, 15) is 9.59 Å². The summed E-state index contributed by atoms with van der Waals surface area (Å²) in [6, 6.07) is 10.7. The first-order valence-electron chi connectivity index (χ1n) is 8.42. The SMILES string of the molecule is CCOC(=O)c1cccc(CSCC(=O)Nc2cc(C)c(Cl)cc2OC)c1. The molecule has 2 aromatic rings. The minimum atomic E-state index is -0.340. The van der Waals surface area contributed by atoms with Gasteiger partial charge in [-0.15, -0.1) is 11.8 Å². The second-order valence-corrected chi connectivity index (χ2v) is 7.16. The van der Waals surface area contributed by atoms with Crippen molar-refractivity contribution in [1.82, 2.24) is 0 Å². The first-order valence-corrected chi connectivity index (χ1v) is 9.95. The summed E-state index contributed by atoms with van der Waals surface area (Å²) in [5.74, 6) is 0.922. The van der Waals surface area contributed by atoms with Gasteiger partial charge in [0.05, 0.1) is 30.7 Å². The number of aryl methyl sites for hydroxylation is 1. The van der Waals surface area contributed by atoms with Crippen molar-refractivity contribution in [2.75, 3.05) is 24.8 Å². The predicted octanol–water partition coefficient (Wildman–Crippen LogP) is 4.71. The lowest BCUT2D eigenvalue weighted by Gasteiger charge is -2.12. The van der Waals surface area contributed by atoms with E-state index in [4.69, 9.17) is 21.1 Å². The maximum absolute atomic E-state index is 12.2. The average molecular weight is 408 g/mol. The van der Waals surface area contributed by atoms with E-state index in [1.165, 1.54) is 18.9 Å². The Hall–Kier alpha value is -2.18. The lowest BCUT2D eigenvalue weighted by atomic mass is 10.1. The van der Waals surface area contributed by atoms with Crippen LogP contribution in [0, 0.1) is 6.92 Å². The number of anilines is 1. The maximum Gasteiger partial charge on any atom is 0.338 e. The number of ether oxygens (including phenoxy) is 2. The number of hydrogen-bond donors (Lipinski definition) is 1. The van der Waals surface area contributed by atoms with E-state index >= 15 is 0 Å². The number of rotatable bonds is 8. The largest absolute Gasteiger partial charge is 0.495 e. The molecule has 5 nitrogen and oxygen atoms in total. The van der Waals surface area contributed by atoms with Gasteiger partial charge in [-0.25, -0.2) is 4.79 Å². The normalized spacial score (nSPS) is 10.4. The van der Waals surface area contributed by atoms with Crippen LogP contribution in [0.2, 0.25) is 5.02 Å². The lowest BCUT2D eigenvalue weighted by molar-refractivity contribution is -0.113. The second-order valence-electron chi connectivity index (χ2n) is 5.76. The molecule has 0 spiro atoms. The van der Waals surface area contributed by atoms with Crippen molar-refractivity contribution in [2.24, 2.45) is 0 Å². The molecule has 0 aliphatic carbocycles. The highest BCUT2D eigenvalue weighted by Crippen LogP contribution is 2.31. The third-order valence-electron chi connectivity index (χ3n) is 3.69. The molecule has 0 fully saturated rings. The Kier molecular flexibility index (Phi) is 8.00. The fourth-order valence-corrected chi connectivity index (χ4v) is 3.31. The molecule has 2 rings (SSSR count). The third-order valence-corrected chi connectivity index (χ3v) is 5.11. The summed E-state index contributed by atoms with van der Waals surface area (Å²) in [5.41, 5.74) is 2.92. The van der Waals surface area contributed by atoms with Gasteiger partial charge in [0, 0.05) is 16.8 Å². The van der Waals surface area contributed by atoms with Crippen LogP contribution in [-0.2, 0) is 15.3 Å². The van der Waals surface area contributed by atoms with E-state index in [-0.39, 0.29) is 17.6 Å². The van der Waals surface area contributed by atoms with Gasteiger partial charge >= 0.3 is 5.97 Å². The molecule has 7 heteroatoms. The van der Waals surface area contributed by atoms with Crippen LogP contribution in [0.1, 0.15) is 28.4 Å². The molecule has 27 heavy (non-hydrogen) atoms. The number of amides is 1. The molecule has 2 aromatic carbocycles. The van der Waals surface area contributed by atoms with Crippen LogP contribution in [0.4, 0.5) is 5.69 Å². The van der Waals surface area contributed by atoms with Crippen LogP contribution in [0.3, 0.4) is 0 Å². The Morgan fingerprint density at radius 3 is 2.70 bits per heavy atom. The van der Waals surface area contributed by atoms with Crippen molar-refractivity contribution in [3.8, 4) is 5.75 Å². The molecule has 1 amide bonds. The van der Waals surface area contributed by atoms with Crippen molar-refractivity contribution < 1.29 is 19.1 Å². The van der Waals surface area contributed by atoms with Gasteiger partial charge in [-0.05, 0) is 43.2 Å². The maximum atomic E-state index is 12.2. The molecular weight excluding hydrogens is 386 g/mol. The molecule has 0 aliphatic heterocycles. The smallest absolute Gasteiger partial charge is 0.338 e. The van der Waals surface area contributed by atoms with E-state index in [2.05, 4.69) is 5.32 Å². The zero-order chi connectivity index (χ0) is 19.8. The number of hydrogen-bond acceptors (Lipinski definition) is 5. The van der Waals surface area contributed by atoms with Gasteiger partial charge in [-0.1, -0.05) is 23.7 Å². The van der Waals surface area contributed by atoms with Gasteiger partial charge in [-0.2, -0.15) is 0 Å². The van der Waals surface area contributed by atoms with Crippen LogP contribution < -0.4 is 10.1 Å². The molecule has 0 aliphatic rings. The molecule has 0 saturated heterocycles. The number of methoxy groups -OCH3 is 1. The Morgan fingerprint density at radius 2 is 2.00 bits per heavy atom. The van der Waals surface area contributed by atoms with E-state index < -0.39 is 0 Å². The summed E-state index contributed by atoms with van der Waals surface area (Å²) in [7, 11) is 1.53. The van der Waals surface area contributed by atoms with E-state index in [0.717, 1.165) is 11.1 Å². The first-order chi connectivity index (χ1) is 12.9. The minimum Gasteiger partial charge on any atom is -0.495 e. The molecule has 0 radical (unpaired) electrons.